The Hall–Kier alpha value is -4.28. The van der Waals surface area contributed by atoms with Crippen LogP contribution < -0.4 is 25.8 Å². The molecule has 0 bridgehead atoms. The minimum Gasteiger partial charge on any atom is -0.448 e. The molecule has 6 aromatic rings. The molecular formula is C74H99Cl2N7O12S9. The lowest BCUT2D eigenvalue weighted by atomic mass is 9.84. The van der Waals surface area contributed by atoms with Crippen molar-refractivity contribution in [2.75, 3.05) is 167 Å². The zero-order valence-corrected chi connectivity index (χ0v) is 70.2. The summed E-state index contributed by atoms with van der Waals surface area (Å²) in [5, 5.41) is 24.2. The van der Waals surface area contributed by atoms with Crippen LogP contribution >= 0.6 is 127 Å². The number of thiocarbonyl (C=S) groups is 1. The van der Waals surface area contributed by atoms with Gasteiger partial charge in [-0.05, 0) is 119 Å². The fourth-order valence-corrected chi connectivity index (χ4v) is 22.5. The molecule has 0 unspecified atom stereocenters. The molecule has 4 amide bonds. The van der Waals surface area contributed by atoms with Gasteiger partial charge in [0, 0.05) is 127 Å². The Morgan fingerprint density at radius 1 is 0.519 bits per heavy atom. The topological polar surface area (TPSA) is 226 Å². The summed E-state index contributed by atoms with van der Waals surface area (Å²) in [7, 11) is 9.23. The van der Waals surface area contributed by atoms with E-state index in [0.717, 1.165) is 111 Å². The molecule has 570 valence electrons. The van der Waals surface area contributed by atoms with E-state index in [1.807, 2.05) is 39.4 Å². The summed E-state index contributed by atoms with van der Waals surface area (Å²) in [6.45, 7) is 21.7. The minimum atomic E-state index is -0.448. The number of imide groups is 1. The number of nitrogens with two attached hydrogens (primary N) is 1. The van der Waals surface area contributed by atoms with Crippen LogP contribution in [0.2, 0.25) is 0 Å². The average Bonchev–Trinajstić information content (AvgIpc) is 1.57. The molecule has 19 nitrogen and oxygen atoms in total. The zero-order valence-electron chi connectivity index (χ0n) is 61.3. The summed E-state index contributed by atoms with van der Waals surface area (Å²) in [5.41, 5.74) is 12.8. The number of ether oxygens (including phenoxy) is 5. The van der Waals surface area contributed by atoms with Gasteiger partial charge in [0.15, 0.2) is 6.29 Å². The van der Waals surface area contributed by atoms with Crippen LogP contribution in [0.5, 0.6) is 0 Å². The summed E-state index contributed by atoms with van der Waals surface area (Å²) >= 11 is 29.0. The van der Waals surface area contributed by atoms with E-state index in [-0.39, 0.29) is 53.1 Å². The van der Waals surface area contributed by atoms with Gasteiger partial charge in [-0.2, -0.15) is 0 Å². The number of unbranched alkanes of at least 4 members (excludes halogenated alkanes) is 6. The Morgan fingerprint density at radius 2 is 0.894 bits per heavy atom. The van der Waals surface area contributed by atoms with E-state index in [2.05, 4.69) is 91.9 Å². The van der Waals surface area contributed by atoms with E-state index in [1.165, 1.54) is 104 Å². The Kier molecular flexibility index (Phi) is 33.2. The number of aldehydes is 1. The fraction of sp³-hybridized carbons (Fsp3) is 0.541. The lowest BCUT2D eigenvalue weighted by Gasteiger charge is -2.20. The number of alkyl halides is 2. The van der Waals surface area contributed by atoms with Crippen molar-refractivity contribution in [1.29, 1.82) is 0 Å². The standard InChI is InChI=1S/C30H40ClN3O5S4.C19H20N2O3S3.C15H17NO2S2.C10H22ClNO2/c1-30(2)21-17-20(18-23-27(35)34(4)29(40)42-23)41-25(21)26-22(30)19-24(43-26)33(3)11-14-39-28(36)32-10-13-38-16-15-37-12-8-6-5-7-9-31;1-19(2)11-7-10(8-13-17(23)21(4)18(24)26-13)25-15(11)16-12(19)9-14(27-16)20(3)5-6-22;1-15(2)10-6-9(8-18)19-13(10)14-11(15)7-12(20-14)16(3)4-5-17;11-5-3-1-2-4-7-13-9-10-14-8-6-12/h17-19H,5-16H2,1-4H3,(H,32,36);7-9,22H,5-6H2,1-4H3;6-8,17H,4-5H2,1-3H3;1-10,12H2/b23-18+;13-8+;;. The third-order valence-electron chi connectivity index (χ3n) is 18.2. The van der Waals surface area contributed by atoms with Crippen molar-refractivity contribution >= 4 is 188 Å². The monoisotopic (exact) mass is 1640 g/mol. The van der Waals surface area contributed by atoms with Crippen molar-refractivity contribution in [3.63, 3.8) is 0 Å². The first kappa shape index (κ1) is 85.3. The van der Waals surface area contributed by atoms with E-state index in [4.69, 9.17) is 69.9 Å². The molecule has 2 saturated heterocycles. The lowest BCUT2D eigenvalue weighted by Crippen LogP contribution is -2.31. The average molecular weight is 1640 g/mol. The quantitative estimate of drug-likeness (QED) is 0.00943. The lowest BCUT2D eigenvalue weighted by molar-refractivity contribution is -0.122. The Bertz CT molecular complexity index is 3950. The normalized spacial score (nSPS) is 16.0. The number of alkyl carbamates (subject to hydrolysis) is 1. The van der Waals surface area contributed by atoms with Gasteiger partial charge in [-0.1, -0.05) is 91.2 Å². The molecule has 104 heavy (non-hydrogen) atoms. The molecule has 3 aliphatic carbocycles. The molecule has 0 atom stereocenters. The number of aliphatic hydroxyl groups excluding tert-OH is 2. The number of nitrogens with one attached hydrogen (secondary N) is 1. The van der Waals surface area contributed by atoms with Crippen LogP contribution in [0.15, 0.2) is 46.2 Å². The van der Waals surface area contributed by atoms with Crippen LogP contribution in [0, 0.1) is 0 Å². The van der Waals surface area contributed by atoms with Gasteiger partial charge >= 0.3 is 6.09 Å². The van der Waals surface area contributed by atoms with Gasteiger partial charge in [-0.15, -0.1) is 91.2 Å². The van der Waals surface area contributed by atoms with Gasteiger partial charge in [0.1, 0.15) is 10.9 Å². The van der Waals surface area contributed by atoms with E-state index in [9.17, 15) is 29.1 Å². The minimum absolute atomic E-state index is 0.0444. The van der Waals surface area contributed by atoms with Crippen molar-refractivity contribution < 1.29 is 57.9 Å². The third kappa shape index (κ3) is 21.4. The number of halogens is 2. The number of anilines is 3. The van der Waals surface area contributed by atoms with Crippen molar-refractivity contribution in [2.24, 2.45) is 5.73 Å². The molecule has 5 aliphatic rings. The third-order valence-corrected chi connectivity index (χ3v) is 28.7. The van der Waals surface area contributed by atoms with Crippen LogP contribution in [0.1, 0.15) is 146 Å². The number of hydrogen-bond donors (Lipinski definition) is 4. The van der Waals surface area contributed by atoms with E-state index < -0.39 is 6.09 Å². The molecule has 5 N–H and O–H groups in total. The predicted octanol–water partition coefficient (Wildman–Crippen LogP) is 16.3. The number of thioether (sulfide) groups is 2. The second kappa shape index (κ2) is 40.4. The molecule has 30 heteroatoms. The zero-order chi connectivity index (χ0) is 75.5. The summed E-state index contributed by atoms with van der Waals surface area (Å²) in [5.74, 6) is 1.21. The number of nitrogens with zero attached hydrogens (tertiary/aromatic N) is 5. The summed E-state index contributed by atoms with van der Waals surface area (Å²) < 4.78 is 27.5. The molecular weight excluding hydrogens is 1540 g/mol. The molecule has 0 radical (unpaired) electrons. The highest BCUT2D eigenvalue weighted by Gasteiger charge is 2.43. The number of carbonyl (C=O) groups excluding carboxylic acids is 5. The first-order valence-electron chi connectivity index (χ1n) is 34.9. The van der Waals surface area contributed by atoms with E-state index in [1.54, 1.807) is 75.1 Å². The molecule has 0 saturated carbocycles. The molecule has 0 spiro atoms. The number of likely N-dealkylation sites (N-methyl/N-ethyl adjacent to an activating group) is 5. The van der Waals surface area contributed by atoms with Gasteiger partial charge in [0.05, 0.1) is 104 Å². The van der Waals surface area contributed by atoms with Crippen molar-refractivity contribution in [3.05, 3.63) is 94.2 Å². The predicted molar refractivity (Wildman–Crippen MR) is 443 cm³/mol. The summed E-state index contributed by atoms with van der Waals surface area (Å²) in [4.78, 5) is 79.9. The van der Waals surface area contributed by atoms with E-state index in [0.29, 0.717) is 86.5 Å². The number of thiophene rings is 6. The second-order valence-electron chi connectivity index (χ2n) is 26.9. The number of aliphatic hydroxyl groups is 2. The Labute approximate surface area is 660 Å². The number of amides is 4. The van der Waals surface area contributed by atoms with Crippen LogP contribution in [-0.4, -0.2) is 206 Å². The van der Waals surface area contributed by atoms with Crippen LogP contribution in [0.3, 0.4) is 0 Å². The number of rotatable bonds is 36. The highest BCUT2D eigenvalue weighted by Crippen LogP contribution is 2.60. The van der Waals surface area contributed by atoms with Gasteiger partial charge in [0.25, 0.3) is 17.1 Å². The number of fused-ring (bicyclic) bond motifs is 9. The molecule has 8 heterocycles. The maximum atomic E-state index is 12.5. The molecule has 0 aromatic carbocycles. The Morgan fingerprint density at radius 3 is 1.29 bits per heavy atom. The molecule has 2 aliphatic heterocycles. The maximum absolute atomic E-state index is 12.5. The highest BCUT2D eigenvalue weighted by molar-refractivity contribution is 8.26. The first-order chi connectivity index (χ1) is 49.8. The van der Waals surface area contributed by atoms with Gasteiger partial charge < -0.3 is 59.6 Å². The first-order valence-corrected chi connectivity index (χ1v) is 42.9. The van der Waals surface area contributed by atoms with Crippen LogP contribution in [-0.2, 0) is 49.5 Å². The molecule has 2 fully saturated rings. The second-order valence-corrected chi connectivity index (χ2v) is 36.6. The fourth-order valence-electron chi connectivity index (χ4n) is 11.9. The van der Waals surface area contributed by atoms with Crippen molar-refractivity contribution in [3.8, 4) is 29.3 Å². The molecule has 11 rings (SSSR count). The van der Waals surface area contributed by atoms with Crippen LogP contribution in [0.25, 0.3) is 41.4 Å². The van der Waals surface area contributed by atoms with Gasteiger partial charge in [-0.3, -0.25) is 29.0 Å². The molecule has 6 aromatic heterocycles. The smallest absolute Gasteiger partial charge is 0.407 e. The van der Waals surface area contributed by atoms with Gasteiger partial charge in [-0.25, -0.2) is 4.79 Å². The largest absolute Gasteiger partial charge is 0.448 e. The van der Waals surface area contributed by atoms with Crippen LogP contribution in [0.4, 0.5) is 24.6 Å². The summed E-state index contributed by atoms with van der Waals surface area (Å²) in [6, 6.07) is 13.1. The summed E-state index contributed by atoms with van der Waals surface area (Å²) in [6.07, 6.45) is 13.3. The maximum Gasteiger partial charge on any atom is 0.407 e. The van der Waals surface area contributed by atoms with Gasteiger partial charge in [0.2, 0.25) is 0 Å². The SMILES string of the molecule is CN(CCO)c1cc2c(s1)-c1sc(C=O)cc1C2(C)C.CN1C(=O)/C(=C\c2cc3c(s2)-c2sc(N(C)CCOC(=O)NCCOCCOCCCCCCCl)cc2C3(C)C)SC1=S.CN1C(=O)S/C(=C/c2cc3c(s2)-c2sc(N(C)CCO)cc2C3(C)C)C1=O.NCCOCCOCCCCCCCl. The van der Waals surface area contributed by atoms with Crippen molar-refractivity contribution in [2.45, 2.75) is 109 Å². The Balaban J connectivity index is 0.000000191. The van der Waals surface area contributed by atoms with Crippen molar-refractivity contribution in [1.82, 2.24) is 15.1 Å². The number of hydrogen-bond acceptors (Lipinski definition) is 25. The van der Waals surface area contributed by atoms with E-state index >= 15 is 0 Å². The number of carbonyl (C=O) groups is 5. The highest BCUT2D eigenvalue weighted by atomic mass is 35.5.